The van der Waals surface area contributed by atoms with Crippen LogP contribution in [0.5, 0.6) is 0 Å². The Balaban J connectivity index is 0.000000399. The monoisotopic (exact) mass is 278 g/mol. The minimum atomic E-state index is -5.08. The van der Waals surface area contributed by atoms with E-state index in [9.17, 15) is 18.0 Å². The molecule has 0 saturated heterocycles. The highest BCUT2D eigenvalue weighted by Gasteiger charge is 2.38. The first-order valence-electron chi connectivity index (χ1n) is 5.03. The molecule has 19 heavy (non-hydrogen) atoms. The van der Waals surface area contributed by atoms with Gasteiger partial charge in [-0.3, -0.25) is 4.79 Å². The van der Waals surface area contributed by atoms with E-state index in [1.165, 1.54) is 6.92 Å². The van der Waals surface area contributed by atoms with E-state index in [-0.39, 0.29) is 5.91 Å². The first kappa shape index (κ1) is 16.9. The summed E-state index contributed by atoms with van der Waals surface area (Å²) in [6.07, 6.45) is -5.08. The minimum Gasteiger partial charge on any atom is -0.475 e. The topological polar surface area (TPSA) is 92.4 Å². The number of benzene rings is 1. The molecule has 0 saturated carbocycles. The van der Waals surface area contributed by atoms with Crippen molar-refractivity contribution in [3.05, 3.63) is 29.8 Å². The lowest BCUT2D eigenvalue weighted by molar-refractivity contribution is -0.192. The van der Waals surface area contributed by atoms with Crippen LogP contribution in [0.1, 0.15) is 12.5 Å². The summed E-state index contributed by atoms with van der Waals surface area (Å²) in [6.45, 7) is 2.01. The van der Waals surface area contributed by atoms with E-state index in [0.717, 1.165) is 11.3 Å². The lowest BCUT2D eigenvalue weighted by atomic mass is 10.2. The van der Waals surface area contributed by atoms with Crippen LogP contribution in [0.25, 0.3) is 0 Å². The number of hydrogen-bond donors (Lipinski definition) is 3. The Bertz CT molecular complexity index is 430. The SMILES string of the molecule is CC(=O)Nc1ccc(CN)cc1.O=C(O)C(F)(F)F. The molecule has 4 N–H and O–H groups in total. The lowest BCUT2D eigenvalue weighted by Gasteiger charge is -2.01. The third kappa shape index (κ3) is 7.77. The van der Waals surface area contributed by atoms with Crippen molar-refractivity contribution in [1.82, 2.24) is 0 Å². The fourth-order valence-corrected chi connectivity index (χ4v) is 0.927. The molecule has 1 aromatic rings. The molecule has 1 rings (SSSR count). The number of carbonyl (C=O) groups excluding carboxylic acids is 1. The van der Waals surface area contributed by atoms with Crippen molar-refractivity contribution < 1.29 is 27.9 Å². The van der Waals surface area contributed by atoms with Crippen LogP contribution in [-0.2, 0) is 16.1 Å². The van der Waals surface area contributed by atoms with Crippen LogP contribution >= 0.6 is 0 Å². The summed E-state index contributed by atoms with van der Waals surface area (Å²) in [7, 11) is 0. The Kier molecular flexibility index (Phi) is 6.56. The Morgan fingerprint density at radius 2 is 1.68 bits per heavy atom. The molecule has 0 aliphatic rings. The van der Waals surface area contributed by atoms with Crippen molar-refractivity contribution in [1.29, 1.82) is 0 Å². The standard InChI is InChI=1S/C9H12N2O.C2HF3O2/c1-7(12)11-9-4-2-8(6-10)3-5-9;3-2(4,5)1(6)7/h2-5H,6,10H2,1H3,(H,11,12);(H,6,7). The fraction of sp³-hybridized carbons (Fsp3) is 0.273. The van der Waals surface area contributed by atoms with Gasteiger partial charge in [-0.2, -0.15) is 13.2 Å². The molecule has 106 valence electrons. The van der Waals surface area contributed by atoms with Gasteiger partial charge in [0, 0.05) is 19.2 Å². The Morgan fingerprint density at radius 3 is 1.95 bits per heavy atom. The van der Waals surface area contributed by atoms with Crippen LogP contribution < -0.4 is 11.1 Å². The van der Waals surface area contributed by atoms with Gasteiger partial charge in [-0.1, -0.05) is 12.1 Å². The number of nitrogens with one attached hydrogen (secondary N) is 1. The number of hydrogen-bond acceptors (Lipinski definition) is 3. The summed E-state index contributed by atoms with van der Waals surface area (Å²) in [4.78, 5) is 19.5. The zero-order chi connectivity index (χ0) is 15.1. The number of carboxylic acid groups (broad SMARTS) is 1. The number of nitrogens with two attached hydrogens (primary N) is 1. The van der Waals surface area contributed by atoms with Crippen LogP contribution in [0, 0.1) is 0 Å². The molecule has 0 aliphatic heterocycles. The van der Waals surface area contributed by atoms with E-state index in [1.807, 2.05) is 24.3 Å². The molecule has 0 spiro atoms. The molecule has 0 atom stereocenters. The van der Waals surface area contributed by atoms with Crippen molar-refractivity contribution in [2.75, 3.05) is 5.32 Å². The number of carbonyl (C=O) groups is 2. The zero-order valence-corrected chi connectivity index (χ0v) is 9.99. The molecule has 5 nitrogen and oxygen atoms in total. The molecule has 1 aromatic carbocycles. The van der Waals surface area contributed by atoms with Gasteiger partial charge < -0.3 is 16.2 Å². The first-order chi connectivity index (χ1) is 8.66. The van der Waals surface area contributed by atoms with Gasteiger partial charge >= 0.3 is 12.1 Å². The molecule has 0 aromatic heterocycles. The number of alkyl halides is 3. The van der Waals surface area contributed by atoms with Crippen molar-refractivity contribution in [2.24, 2.45) is 5.73 Å². The maximum absolute atomic E-state index is 10.6. The molecular weight excluding hydrogens is 265 g/mol. The predicted octanol–water partition coefficient (Wildman–Crippen LogP) is 1.74. The zero-order valence-electron chi connectivity index (χ0n) is 9.99. The van der Waals surface area contributed by atoms with E-state index in [0.29, 0.717) is 6.54 Å². The van der Waals surface area contributed by atoms with Gasteiger partial charge in [0.1, 0.15) is 0 Å². The first-order valence-corrected chi connectivity index (χ1v) is 5.03. The normalized spacial score (nSPS) is 10.2. The highest BCUT2D eigenvalue weighted by atomic mass is 19.4. The maximum Gasteiger partial charge on any atom is 0.490 e. The Morgan fingerprint density at radius 1 is 1.26 bits per heavy atom. The number of halogens is 3. The molecular formula is C11H13F3N2O3. The molecule has 0 fully saturated rings. The largest absolute Gasteiger partial charge is 0.490 e. The summed E-state index contributed by atoms with van der Waals surface area (Å²) in [5.41, 5.74) is 7.28. The van der Waals surface area contributed by atoms with Crippen LogP contribution in [0.15, 0.2) is 24.3 Å². The summed E-state index contributed by atoms with van der Waals surface area (Å²) >= 11 is 0. The van der Waals surface area contributed by atoms with Gasteiger partial charge in [-0.25, -0.2) is 4.79 Å². The number of anilines is 1. The number of amides is 1. The van der Waals surface area contributed by atoms with E-state index < -0.39 is 12.1 Å². The molecule has 8 heteroatoms. The number of rotatable bonds is 2. The molecule has 1 amide bonds. The molecule has 0 heterocycles. The van der Waals surface area contributed by atoms with Gasteiger partial charge in [0.2, 0.25) is 5.91 Å². The third-order valence-corrected chi connectivity index (χ3v) is 1.75. The summed E-state index contributed by atoms with van der Waals surface area (Å²) < 4.78 is 31.7. The van der Waals surface area contributed by atoms with Crippen LogP contribution in [0.4, 0.5) is 18.9 Å². The highest BCUT2D eigenvalue weighted by molar-refractivity contribution is 5.88. The Labute approximate surface area is 107 Å². The van der Waals surface area contributed by atoms with E-state index in [1.54, 1.807) is 0 Å². The van der Waals surface area contributed by atoms with Crippen LogP contribution in [0.3, 0.4) is 0 Å². The molecule has 0 aliphatic carbocycles. The van der Waals surface area contributed by atoms with Gasteiger partial charge in [0.15, 0.2) is 0 Å². The predicted molar refractivity (Wildman–Crippen MR) is 62.3 cm³/mol. The van der Waals surface area contributed by atoms with Gasteiger partial charge in [0.05, 0.1) is 0 Å². The van der Waals surface area contributed by atoms with E-state index in [2.05, 4.69) is 5.32 Å². The van der Waals surface area contributed by atoms with E-state index in [4.69, 9.17) is 15.6 Å². The highest BCUT2D eigenvalue weighted by Crippen LogP contribution is 2.13. The second kappa shape index (κ2) is 7.37. The van der Waals surface area contributed by atoms with Crippen molar-refractivity contribution in [3.63, 3.8) is 0 Å². The minimum absolute atomic E-state index is 0.0597. The van der Waals surface area contributed by atoms with Crippen molar-refractivity contribution in [2.45, 2.75) is 19.6 Å². The number of carboxylic acids is 1. The maximum atomic E-state index is 10.6. The average Bonchev–Trinajstić information content (AvgIpc) is 2.28. The van der Waals surface area contributed by atoms with Crippen molar-refractivity contribution in [3.8, 4) is 0 Å². The van der Waals surface area contributed by atoms with Gasteiger partial charge in [-0.05, 0) is 17.7 Å². The van der Waals surface area contributed by atoms with E-state index >= 15 is 0 Å². The number of aliphatic carboxylic acids is 1. The fourth-order valence-electron chi connectivity index (χ4n) is 0.927. The third-order valence-electron chi connectivity index (χ3n) is 1.75. The summed E-state index contributed by atoms with van der Waals surface area (Å²) in [5.74, 6) is -2.82. The molecule has 0 unspecified atom stereocenters. The van der Waals surface area contributed by atoms with Gasteiger partial charge in [-0.15, -0.1) is 0 Å². The second-order valence-electron chi connectivity index (χ2n) is 3.39. The summed E-state index contributed by atoms with van der Waals surface area (Å²) in [6, 6.07) is 7.46. The van der Waals surface area contributed by atoms with Crippen molar-refractivity contribution >= 4 is 17.6 Å². The van der Waals surface area contributed by atoms with Crippen LogP contribution in [0.2, 0.25) is 0 Å². The van der Waals surface area contributed by atoms with Gasteiger partial charge in [0.25, 0.3) is 0 Å². The average molecular weight is 278 g/mol. The second-order valence-corrected chi connectivity index (χ2v) is 3.39. The molecule has 0 radical (unpaired) electrons. The summed E-state index contributed by atoms with van der Waals surface area (Å²) in [5, 5.41) is 9.80. The Hall–Kier alpha value is -2.09. The smallest absolute Gasteiger partial charge is 0.475 e. The molecule has 0 bridgehead atoms. The quantitative estimate of drug-likeness (QED) is 0.768. The lowest BCUT2D eigenvalue weighted by Crippen LogP contribution is -2.21. The van der Waals surface area contributed by atoms with Crippen LogP contribution in [-0.4, -0.2) is 23.2 Å².